The number of guanidine groups is 1. The van der Waals surface area contributed by atoms with Crippen molar-refractivity contribution in [3.05, 3.63) is 30.1 Å². The average molecular weight is 453 g/mol. The van der Waals surface area contributed by atoms with Gasteiger partial charge in [-0.1, -0.05) is 13.0 Å². The van der Waals surface area contributed by atoms with Crippen LogP contribution in [0.5, 0.6) is 5.75 Å². The van der Waals surface area contributed by atoms with Crippen LogP contribution in [0.4, 0.5) is 4.39 Å². The maximum Gasteiger partial charge on any atom is 0.191 e. The fraction of sp³-hybridized carbons (Fsp3) is 0.588. The van der Waals surface area contributed by atoms with Crippen LogP contribution in [0.2, 0.25) is 0 Å². The molecule has 0 saturated heterocycles. The monoisotopic (exact) mass is 453 g/mol. The Morgan fingerprint density at radius 1 is 1.29 bits per heavy atom. The molecule has 2 N–H and O–H groups in total. The van der Waals surface area contributed by atoms with Crippen molar-refractivity contribution >= 4 is 29.9 Å². The van der Waals surface area contributed by atoms with E-state index in [1.807, 2.05) is 13.8 Å². The number of hydrogen-bond acceptors (Lipinski definition) is 3. The number of aliphatic imine (C=N–C) groups is 1. The molecule has 0 spiro atoms. The van der Waals surface area contributed by atoms with Crippen molar-refractivity contribution in [3.63, 3.8) is 0 Å². The first-order chi connectivity index (χ1) is 11.2. The maximum absolute atomic E-state index is 13.2. The summed E-state index contributed by atoms with van der Waals surface area (Å²) in [6.45, 7) is 6.85. The molecule has 0 heterocycles. The lowest BCUT2D eigenvalue weighted by Crippen LogP contribution is -2.39. The molecule has 1 aromatic carbocycles. The highest BCUT2D eigenvalue weighted by Gasteiger charge is 2.09. The summed E-state index contributed by atoms with van der Waals surface area (Å²) >= 11 is 0. The molecular weight excluding hydrogens is 424 g/mol. The predicted octanol–water partition coefficient (Wildman–Crippen LogP) is 3.19. The minimum absolute atomic E-state index is 0. The summed E-state index contributed by atoms with van der Waals surface area (Å²) in [4.78, 5) is 4.54. The molecule has 0 saturated carbocycles. The third-order valence-corrected chi connectivity index (χ3v) is 3.17. The second-order valence-corrected chi connectivity index (χ2v) is 5.10. The minimum atomic E-state index is -0.297. The molecule has 0 aromatic heterocycles. The lowest BCUT2D eigenvalue weighted by atomic mass is 10.2. The van der Waals surface area contributed by atoms with E-state index in [4.69, 9.17) is 9.47 Å². The number of nitrogens with zero attached hydrogens (tertiary/aromatic N) is 1. The van der Waals surface area contributed by atoms with Gasteiger partial charge >= 0.3 is 0 Å². The van der Waals surface area contributed by atoms with Crippen LogP contribution in [0, 0.1) is 5.82 Å². The molecule has 1 unspecified atom stereocenters. The molecule has 0 bridgehead atoms. The highest BCUT2D eigenvalue weighted by molar-refractivity contribution is 14.0. The van der Waals surface area contributed by atoms with Gasteiger partial charge in [0.2, 0.25) is 0 Å². The lowest BCUT2D eigenvalue weighted by Gasteiger charge is -2.17. The van der Waals surface area contributed by atoms with Gasteiger partial charge in [0.1, 0.15) is 17.7 Å². The van der Waals surface area contributed by atoms with Crippen LogP contribution in [-0.2, 0) is 4.74 Å². The van der Waals surface area contributed by atoms with Gasteiger partial charge in [0, 0.05) is 32.9 Å². The van der Waals surface area contributed by atoms with Gasteiger partial charge in [-0.3, -0.25) is 0 Å². The van der Waals surface area contributed by atoms with Crippen LogP contribution in [0.15, 0.2) is 29.3 Å². The molecule has 0 aliphatic rings. The van der Waals surface area contributed by atoms with E-state index >= 15 is 0 Å². The van der Waals surface area contributed by atoms with E-state index in [0.29, 0.717) is 18.9 Å². The van der Waals surface area contributed by atoms with Gasteiger partial charge in [-0.05, 0) is 31.9 Å². The summed E-state index contributed by atoms with van der Waals surface area (Å²) < 4.78 is 24.0. The van der Waals surface area contributed by atoms with Crippen molar-refractivity contribution in [1.82, 2.24) is 10.6 Å². The van der Waals surface area contributed by atoms with Crippen molar-refractivity contribution < 1.29 is 13.9 Å². The van der Waals surface area contributed by atoms with E-state index in [-0.39, 0.29) is 35.9 Å². The van der Waals surface area contributed by atoms with Crippen molar-refractivity contribution in [3.8, 4) is 5.75 Å². The normalized spacial score (nSPS) is 12.2. The molecule has 0 aliphatic carbocycles. The van der Waals surface area contributed by atoms with E-state index in [1.165, 1.54) is 12.1 Å². The molecule has 0 fully saturated rings. The van der Waals surface area contributed by atoms with Crippen LogP contribution in [0.1, 0.15) is 26.7 Å². The van der Waals surface area contributed by atoms with Crippen LogP contribution in [0.3, 0.4) is 0 Å². The summed E-state index contributed by atoms with van der Waals surface area (Å²) in [5, 5.41) is 6.45. The first-order valence-corrected chi connectivity index (χ1v) is 8.12. The number of hydrogen-bond donors (Lipinski definition) is 2. The van der Waals surface area contributed by atoms with Crippen LogP contribution >= 0.6 is 24.0 Å². The van der Waals surface area contributed by atoms with E-state index < -0.39 is 0 Å². The molecule has 1 atom stereocenters. The van der Waals surface area contributed by atoms with Crippen molar-refractivity contribution in [2.24, 2.45) is 4.99 Å². The fourth-order valence-corrected chi connectivity index (χ4v) is 1.94. The van der Waals surface area contributed by atoms with Gasteiger partial charge < -0.3 is 20.1 Å². The van der Waals surface area contributed by atoms with Crippen molar-refractivity contribution in [2.45, 2.75) is 32.8 Å². The number of rotatable bonds is 10. The zero-order valence-electron chi connectivity index (χ0n) is 14.7. The lowest BCUT2D eigenvalue weighted by molar-refractivity contribution is 0.195. The SMILES string of the molecule is CCNC(=NCC(CC)Oc1cccc(F)c1)NCCCOC.I. The van der Waals surface area contributed by atoms with Gasteiger partial charge in [-0.2, -0.15) is 0 Å². The Balaban J connectivity index is 0.00000529. The summed E-state index contributed by atoms with van der Waals surface area (Å²) in [7, 11) is 1.69. The van der Waals surface area contributed by atoms with Gasteiger partial charge in [0.25, 0.3) is 0 Å². The summed E-state index contributed by atoms with van der Waals surface area (Å²) in [5.41, 5.74) is 0. The number of ether oxygens (including phenoxy) is 2. The second kappa shape index (κ2) is 14.3. The molecule has 1 rings (SSSR count). The summed E-state index contributed by atoms with van der Waals surface area (Å²) in [6.07, 6.45) is 1.62. The Morgan fingerprint density at radius 3 is 2.71 bits per heavy atom. The molecule has 24 heavy (non-hydrogen) atoms. The molecule has 0 aliphatic heterocycles. The number of benzene rings is 1. The first-order valence-electron chi connectivity index (χ1n) is 8.12. The van der Waals surface area contributed by atoms with E-state index in [2.05, 4.69) is 15.6 Å². The average Bonchev–Trinajstić information content (AvgIpc) is 2.55. The smallest absolute Gasteiger partial charge is 0.191 e. The Labute approximate surface area is 161 Å². The van der Waals surface area contributed by atoms with Crippen LogP contribution in [0.25, 0.3) is 0 Å². The predicted molar refractivity (Wildman–Crippen MR) is 107 cm³/mol. The van der Waals surface area contributed by atoms with E-state index in [9.17, 15) is 4.39 Å². The Kier molecular flexibility index (Phi) is 13.6. The quantitative estimate of drug-likeness (QED) is 0.247. The van der Waals surface area contributed by atoms with E-state index in [0.717, 1.165) is 31.9 Å². The number of halogens is 2. The third kappa shape index (κ3) is 9.92. The second-order valence-electron chi connectivity index (χ2n) is 5.10. The summed E-state index contributed by atoms with van der Waals surface area (Å²) in [5.74, 6) is 0.990. The number of methoxy groups -OCH3 is 1. The fourth-order valence-electron chi connectivity index (χ4n) is 1.94. The molecule has 0 radical (unpaired) electrons. The maximum atomic E-state index is 13.2. The zero-order chi connectivity index (χ0) is 16.9. The Hall–Kier alpha value is -1.09. The van der Waals surface area contributed by atoms with Crippen molar-refractivity contribution in [2.75, 3.05) is 33.4 Å². The molecule has 5 nitrogen and oxygen atoms in total. The largest absolute Gasteiger partial charge is 0.488 e. The standard InChI is InChI=1S/C17H28FN3O2.HI/c1-4-15(23-16-9-6-8-14(18)12-16)13-21-17(19-5-2)20-10-7-11-22-3;/h6,8-9,12,15H,4-5,7,10-11,13H2,1-3H3,(H2,19,20,21);1H. The van der Waals surface area contributed by atoms with E-state index in [1.54, 1.807) is 19.2 Å². The van der Waals surface area contributed by atoms with Crippen LogP contribution in [-0.4, -0.2) is 45.4 Å². The topological polar surface area (TPSA) is 54.9 Å². The summed E-state index contributed by atoms with van der Waals surface area (Å²) in [6, 6.07) is 6.19. The van der Waals surface area contributed by atoms with Gasteiger partial charge in [-0.15, -0.1) is 24.0 Å². The first kappa shape index (κ1) is 22.9. The molecule has 138 valence electrons. The molecule has 0 amide bonds. The Bertz CT molecular complexity index is 475. The molecule has 7 heteroatoms. The number of nitrogens with one attached hydrogen (secondary N) is 2. The minimum Gasteiger partial charge on any atom is -0.488 e. The van der Waals surface area contributed by atoms with Gasteiger partial charge in [0.15, 0.2) is 5.96 Å². The van der Waals surface area contributed by atoms with Crippen LogP contribution < -0.4 is 15.4 Å². The van der Waals surface area contributed by atoms with Gasteiger partial charge in [-0.25, -0.2) is 9.38 Å². The highest BCUT2D eigenvalue weighted by Crippen LogP contribution is 2.15. The Morgan fingerprint density at radius 2 is 2.08 bits per heavy atom. The molecule has 1 aromatic rings. The third-order valence-electron chi connectivity index (χ3n) is 3.17. The van der Waals surface area contributed by atoms with Gasteiger partial charge in [0.05, 0.1) is 6.54 Å². The molecular formula is C17H29FIN3O2. The zero-order valence-corrected chi connectivity index (χ0v) is 17.0. The highest BCUT2D eigenvalue weighted by atomic mass is 127. The van der Waals surface area contributed by atoms with Crippen molar-refractivity contribution in [1.29, 1.82) is 0 Å².